The fraction of sp³-hybridized carbons (Fsp3) is 0.417. The van der Waals surface area contributed by atoms with Crippen LogP contribution in [0.25, 0.3) is 0 Å². The van der Waals surface area contributed by atoms with Crippen LogP contribution in [0.1, 0.15) is 45.6 Å². The molecule has 0 spiro atoms. The Hall–Kier alpha value is -1.50. The monoisotopic (exact) mass is 524 g/mol. The summed E-state index contributed by atoms with van der Waals surface area (Å²) in [6, 6.07) is 15.1. The van der Waals surface area contributed by atoms with Gasteiger partial charge in [0.15, 0.2) is 0 Å². The van der Waals surface area contributed by atoms with Gasteiger partial charge in [0.1, 0.15) is 6.04 Å². The number of benzene rings is 2. The van der Waals surface area contributed by atoms with Crippen LogP contribution in [0.5, 0.6) is 0 Å². The Morgan fingerprint density at radius 1 is 1.16 bits per heavy atom. The number of carbonyl (C=O) groups excluding carboxylic acids is 2. The number of hydrogen-bond acceptors (Lipinski definition) is 3. The first-order valence-corrected chi connectivity index (χ1v) is 12.7. The third-order valence-electron chi connectivity index (χ3n) is 5.03. The minimum Gasteiger partial charge on any atom is -0.352 e. The molecule has 1 N–H and O–H groups in total. The minimum atomic E-state index is -0.538. The van der Waals surface area contributed by atoms with Crippen LogP contribution in [0.4, 0.5) is 0 Å². The van der Waals surface area contributed by atoms with Gasteiger partial charge in [-0.2, -0.15) is 0 Å². The molecule has 0 aliphatic carbocycles. The van der Waals surface area contributed by atoms with Crippen LogP contribution < -0.4 is 5.32 Å². The number of amides is 2. The van der Waals surface area contributed by atoms with Crippen molar-refractivity contribution in [3.8, 4) is 0 Å². The molecule has 2 amide bonds. The number of nitrogens with zero attached hydrogens (tertiary/aromatic N) is 1. The van der Waals surface area contributed by atoms with Gasteiger partial charge < -0.3 is 10.2 Å². The summed E-state index contributed by atoms with van der Waals surface area (Å²) < 4.78 is 0.952. The molecule has 0 aromatic heterocycles. The molecule has 0 saturated heterocycles. The molecule has 0 fully saturated rings. The fourth-order valence-electron chi connectivity index (χ4n) is 2.97. The van der Waals surface area contributed by atoms with E-state index in [-0.39, 0.29) is 17.9 Å². The topological polar surface area (TPSA) is 49.4 Å². The van der Waals surface area contributed by atoms with E-state index in [0.29, 0.717) is 18.0 Å². The van der Waals surface area contributed by atoms with Gasteiger partial charge in [-0.15, -0.1) is 11.8 Å². The van der Waals surface area contributed by atoms with E-state index < -0.39 is 6.04 Å². The van der Waals surface area contributed by atoms with Crippen LogP contribution >= 0.6 is 39.3 Å². The fourth-order valence-corrected chi connectivity index (χ4v) is 4.39. The second kappa shape index (κ2) is 13.1. The molecule has 31 heavy (non-hydrogen) atoms. The molecule has 0 aliphatic rings. The number of nitrogens with one attached hydrogen (secondary N) is 1. The maximum atomic E-state index is 13.1. The summed E-state index contributed by atoms with van der Waals surface area (Å²) in [5.74, 6) is 0.697. The summed E-state index contributed by atoms with van der Waals surface area (Å²) in [5, 5.41) is 3.71. The van der Waals surface area contributed by atoms with E-state index in [9.17, 15) is 9.59 Å². The van der Waals surface area contributed by atoms with Crippen molar-refractivity contribution in [2.75, 3.05) is 5.75 Å². The van der Waals surface area contributed by atoms with E-state index in [2.05, 4.69) is 21.2 Å². The van der Waals surface area contributed by atoms with Gasteiger partial charge >= 0.3 is 0 Å². The highest BCUT2D eigenvalue weighted by molar-refractivity contribution is 9.10. The molecule has 0 saturated carbocycles. The zero-order valence-corrected chi connectivity index (χ0v) is 21.4. The van der Waals surface area contributed by atoms with Crippen LogP contribution in [0, 0.1) is 0 Å². The standard InChI is InChI=1S/C24H30BrClN2O2S/c1-4-17(2)27-24(30)18(3)28(16-19-7-5-8-20(25)15-19)23(29)9-6-14-31-22-12-10-21(26)11-13-22/h5,7-8,10-13,15,17-18H,4,6,9,14,16H2,1-3H3,(H,27,30)/t17-,18-/m0/s1. The molecule has 2 aromatic carbocycles. The van der Waals surface area contributed by atoms with Gasteiger partial charge in [0, 0.05) is 33.4 Å². The van der Waals surface area contributed by atoms with E-state index in [0.717, 1.165) is 33.5 Å². The van der Waals surface area contributed by atoms with Crippen molar-refractivity contribution in [3.63, 3.8) is 0 Å². The van der Waals surface area contributed by atoms with Crippen molar-refractivity contribution >= 4 is 51.1 Å². The lowest BCUT2D eigenvalue weighted by Crippen LogP contribution is -2.49. The summed E-state index contributed by atoms with van der Waals surface area (Å²) in [5.41, 5.74) is 0.987. The summed E-state index contributed by atoms with van der Waals surface area (Å²) >= 11 is 11.1. The summed E-state index contributed by atoms with van der Waals surface area (Å²) in [4.78, 5) is 28.6. The number of thioether (sulfide) groups is 1. The van der Waals surface area contributed by atoms with Gasteiger partial charge in [0.2, 0.25) is 11.8 Å². The van der Waals surface area contributed by atoms with Crippen LogP contribution in [0.15, 0.2) is 57.9 Å². The maximum absolute atomic E-state index is 13.1. The number of hydrogen-bond donors (Lipinski definition) is 1. The molecule has 2 aromatic rings. The van der Waals surface area contributed by atoms with Crippen LogP contribution in [0.3, 0.4) is 0 Å². The van der Waals surface area contributed by atoms with Gasteiger partial charge in [-0.05, 0) is 74.4 Å². The molecular formula is C24H30BrClN2O2S. The molecular weight excluding hydrogens is 496 g/mol. The Morgan fingerprint density at radius 3 is 2.52 bits per heavy atom. The van der Waals surface area contributed by atoms with Gasteiger partial charge in [0.25, 0.3) is 0 Å². The molecule has 0 bridgehead atoms. The van der Waals surface area contributed by atoms with Gasteiger partial charge in [-0.1, -0.05) is 46.6 Å². The van der Waals surface area contributed by atoms with Crippen molar-refractivity contribution in [1.82, 2.24) is 10.2 Å². The van der Waals surface area contributed by atoms with Crippen LogP contribution in [-0.2, 0) is 16.1 Å². The van der Waals surface area contributed by atoms with Crippen molar-refractivity contribution in [1.29, 1.82) is 0 Å². The Morgan fingerprint density at radius 2 is 1.87 bits per heavy atom. The molecule has 0 radical (unpaired) electrons. The third kappa shape index (κ3) is 8.87. The number of carbonyl (C=O) groups is 2. The lowest BCUT2D eigenvalue weighted by molar-refractivity contribution is -0.140. The lowest BCUT2D eigenvalue weighted by Gasteiger charge is -2.30. The van der Waals surface area contributed by atoms with Gasteiger partial charge in [-0.25, -0.2) is 0 Å². The van der Waals surface area contributed by atoms with Crippen LogP contribution in [-0.4, -0.2) is 34.6 Å². The smallest absolute Gasteiger partial charge is 0.242 e. The van der Waals surface area contributed by atoms with E-state index in [1.54, 1.807) is 23.6 Å². The average molecular weight is 526 g/mol. The Kier molecular flexibility index (Phi) is 10.9. The minimum absolute atomic E-state index is 0.0107. The van der Waals surface area contributed by atoms with E-state index >= 15 is 0 Å². The third-order valence-corrected chi connectivity index (χ3v) is 6.87. The summed E-state index contributed by atoms with van der Waals surface area (Å²) in [7, 11) is 0. The second-order valence-electron chi connectivity index (χ2n) is 7.55. The zero-order valence-electron chi connectivity index (χ0n) is 18.2. The van der Waals surface area contributed by atoms with Crippen molar-refractivity contribution in [3.05, 3.63) is 63.6 Å². The predicted molar refractivity (Wildman–Crippen MR) is 133 cm³/mol. The summed E-state index contributed by atoms with van der Waals surface area (Å²) in [6.45, 7) is 6.20. The molecule has 2 rings (SSSR count). The maximum Gasteiger partial charge on any atom is 0.242 e. The van der Waals surface area contributed by atoms with Crippen LogP contribution in [0.2, 0.25) is 5.02 Å². The number of halogens is 2. The molecule has 0 heterocycles. The SMILES string of the molecule is CC[C@H](C)NC(=O)[C@H](C)N(Cc1cccc(Br)c1)C(=O)CCCSc1ccc(Cl)cc1. The molecule has 168 valence electrons. The van der Waals surface area contributed by atoms with E-state index in [4.69, 9.17) is 11.6 Å². The van der Waals surface area contributed by atoms with Crippen molar-refractivity contribution in [2.24, 2.45) is 0 Å². The van der Waals surface area contributed by atoms with Crippen molar-refractivity contribution in [2.45, 2.75) is 63.6 Å². The molecule has 7 heteroatoms. The average Bonchev–Trinajstić information content (AvgIpc) is 2.75. The largest absolute Gasteiger partial charge is 0.352 e. The highest BCUT2D eigenvalue weighted by atomic mass is 79.9. The highest BCUT2D eigenvalue weighted by Gasteiger charge is 2.26. The lowest BCUT2D eigenvalue weighted by atomic mass is 10.1. The quantitative estimate of drug-likeness (QED) is 0.276. The Balaban J connectivity index is 2.00. The first-order chi connectivity index (χ1) is 14.8. The van der Waals surface area contributed by atoms with Gasteiger partial charge in [-0.3, -0.25) is 9.59 Å². The molecule has 2 atom stereocenters. The Labute approximate surface area is 203 Å². The Bertz CT molecular complexity index is 863. The van der Waals surface area contributed by atoms with Crippen molar-refractivity contribution < 1.29 is 9.59 Å². The van der Waals surface area contributed by atoms with E-state index in [1.807, 2.05) is 62.4 Å². The molecule has 0 unspecified atom stereocenters. The first-order valence-electron chi connectivity index (χ1n) is 10.5. The molecule has 0 aliphatic heterocycles. The first kappa shape index (κ1) is 25.8. The zero-order chi connectivity index (χ0) is 22.8. The summed E-state index contributed by atoms with van der Waals surface area (Å²) in [6.07, 6.45) is 1.98. The normalized spacial score (nSPS) is 12.8. The predicted octanol–water partition coefficient (Wildman–Crippen LogP) is 6.31. The number of rotatable bonds is 11. The van der Waals surface area contributed by atoms with E-state index in [1.165, 1.54) is 0 Å². The highest BCUT2D eigenvalue weighted by Crippen LogP contribution is 2.22. The molecule has 4 nitrogen and oxygen atoms in total. The van der Waals surface area contributed by atoms with Gasteiger partial charge in [0.05, 0.1) is 0 Å². The second-order valence-corrected chi connectivity index (χ2v) is 10.1.